The molecule has 118 valence electrons. The van der Waals surface area contributed by atoms with E-state index >= 15 is 0 Å². The van der Waals surface area contributed by atoms with Gasteiger partial charge in [0.15, 0.2) is 11.2 Å². The summed E-state index contributed by atoms with van der Waals surface area (Å²) >= 11 is 0. The SMILES string of the molecule is CCOc1ncccc1-c1cnc2nc(N)nc(OCC)c2n1. The minimum atomic E-state index is 0.0967. The van der Waals surface area contributed by atoms with Crippen molar-refractivity contribution in [2.45, 2.75) is 13.8 Å². The normalized spacial score (nSPS) is 10.7. The third-order valence-corrected chi connectivity index (χ3v) is 3.00. The lowest BCUT2D eigenvalue weighted by Gasteiger charge is -2.10. The molecule has 0 radical (unpaired) electrons. The molecular weight excluding hydrogens is 296 g/mol. The van der Waals surface area contributed by atoms with E-state index in [1.54, 1.807) is 12.4 Å². The van der Waals surface area contributed by atoms with E-state index in [9.17, 15) is 0 Å². The van der Waals surface area contributed by atoms with Crippen molar-refractivity contribution in [3.05, 3.63) is 24.5 Å². The van der Waals surface area contributed by atoms with Crippen LogP contribution in [0.3, 0.4) is 0 Å². The second-order valence-corrected chi connectivity index (χ2v) is 4.54. The van der Waals surface area contributed by atoms with Gasteiger partial charge in [-0.25, -0.2) is 15.0 Å². The Kier molecular flexibility index (Phi) is 4.13. The highest BCUT2D eigenvalue weighted by atomic mass is 16.5. The molecule has 0 aromatic carbocycles. The Morgan fingerprint density at radius 3 is 2.57 bits per heavy atom. The molecule has 0 bridgehead atoms. The Hall–Kier alpha value is -3.03. The number of pyridine rings is 1. The van der Waals surface area contributed by atoms with Crippen LogP contribution in [0.4, 0.5) is 5.95 Å². The lowest BCUT2D eigenvalue weighted by atomic mass is 10.2. The zero-order valence-corrected chi connectivity index (χ0v) is 12.9. The van der Waals surface area contributed by atoms with Gasteiger partial charge >= 0.3 is 0 Å². The predicted molar refractivity (Wildman–Crippen MR) is 85.1 cm³/mol. The fraction of sp³-hybridized carbons (Fsp3) is 0.267. The van der Waals surface area contributed by atoms with Crippen molar-refractivity contribution < 1.29 is 9.47 Å². The molecule has 0 aliphatic heterocycles. The average molecular weight is 312 g/mol. The highest BCUT2D eigenvalue weighted by Crippen LogP contribution is 2.28. The van der Waals surface area contributed by atoms with Gasteiger partial charge in [-0.3, -0.25) is 0 Å². The smallest absolute Gasteiger partial charge is 0.247 e. The van der Waals surface area contributed by atoms with E-state index in [-0.39, 0.29) is 5.95 Å². The number of ether oxygens (including phenoxy) is 2. The molecule has 8 nitrogen and oxygen atoms in total. The Morgan fingerprint density at radius 1 is 1.00 bits per heavy atom. The zero-order chi connectivity index (χ0) is 16.2. The summed E-state index contributed by atoms with van der Waals surface area (Å²) < 4.78 is 11.0. The molecule has 8 heteroatoms. The number of nitrogens with zero attached hydrogens (tertiary/aromatic N) is 5. The summed E-state index contributed by atoms with van der Waals surface area (Å²) in [4.78, 5) is 21.2. The van der Waals surface area contributed by atoms with Gasteiger partial charge in [0, 0.05) is 6.20 Å². The summed E-state index contributed by atoms with van der Waals surface area (Å²) in [6.07, 6.45) is 3.27. The van der Waals surface area contributed by atoms with Crippen molar-refractivity contribution in [3.8, 4) is 23.0 Å². The lowest BCUT2D eigenvalue weighted by molar-refractivity contribution is 0.328. The largest absolute Gasteiger partial charge is 0.477 e. The third kappa shape index (κ3) is 2.96. The molecule has 0 spiro atoms. The highest BCUT2D eigenvalue weighted by molar-refractivity contribution is 5.79. The first kappa shape index (κ1) is 14.9. The average Bonchev–Trinajstić information content (AvgIpc) is 2.56. The molecule has 0 unspecified atom stereocenters. The molecular formula is C15H16N6O2. The van der Waals surface area contributed by atoms with Crippen LogP contribution in [0.5, 0.6) is 11.8 Å². The van der Waals surface area contributed by atoms with Gasteiger partial charge < -0.3 is 15.2 Å². The van der Waals surface area contributed by atoms with Gasteiger partial charge in [-0.05, 0) is 26.0 Å². The van der Waals surface area contributed by atoms with E-state index < -0.39 is 0 Å². The Labute approximate surface area is 132 Å². The number of nitrogen functional groups attached to an aromatic ring is 1. The maximum atomic E-state index is 5.67. The van der Waals surface area contributed by atoms with Crippen molar-refractivity contribution in [3.63, 3.8) is 0 Å². The summed E-state index contributed by atoms with van der Waals surface area (Å²) in [5.41, 5.74) is 7.84. The molecule has 3 heterocycles. The van der Waals surface area contributed by atoms with Crippen LogP contribution in [0.1, 0.15) is 13.8 Å². The molecule has 0 saturated heterocycles. The van der Waals surface area contributed by atoms with E-state index in [2.05, 4.69) is 24.9 Å². The summed E-state index contributed by atoms with van der Waals surface area (Å²) in [5.74, 6) is 0.906. The van der Waals surface area contributed by atoms with Crippen LogP contribution >= 0.6 is 0 Å². The van der Waals surface area contributed by atoms with Crippen LogP contribution in [0.2, 0.25) is 0 Å². The first-order valence-corrected chi connectivity index (χ1v) is 7.24. The summed E-state index contributed by atoms with van der Waals surface area (Å²) in [7, 11) is 0. The molecule has 2 N–H and O–H groups in total. The standard InChI is InChI=1S/C15H16N6O2/c1-3-22-13-9(6-5-7-17-13)10-8-18-12-11(19-10)14(23-4-2)21-15(16)20-12/h5-8H,3-4H2,1-2H3,(H2,16,18,20,21). The van der Waals surface area contributed by atoms with Gasteiger partial charge in [-0.15, -0.1) is 0 Å². The molecule has 0 fully saturated rings. The zero-order valence-electron chi connectivity index (χ0n) is 12.9. The molecule has 0 saturated carbocycles. The van der Waals surface area contributed by atoms with Crippen LogP contribution in [0.15, 0.2) is 24.5 Å². The fourth-order valence-electron chi connectivity index (χ4n) is 2.10. The Morgan fingerprint density at radius 2 is 1.78 bits per heavy atom. The van der Waals surface area contributed by atoms with E-state index in [1.165, 1.54) is 0 Å². The van der Waals surface area contributed by atoms with Gasteiger partial charge in [0.05, 0.1) is 30.7 Å². The first-order valence-electron chi connectivity index (χ1n) is 7.24. The van der Waals surface area contributed by atoms with Gasteiger partial charge in [-0.1, -0.05) is 0 Å². The summed E-state index contributed by atoms with van der Waals surface area (Å²) in [5, 5.41) is 0. The molecule has 23 heavy (non-hydrogen) atoms. The van der Waals surface area contributed by atoms with Crippen molar-refractivity contribution in [1.29, 1.82) is 0 Å². The maximum Gasteiger partial charge on any atom is 0.247 e. The van der Waals surface area contributed by atoms with Crippen molar-refractivity contribution in [1.82, 2.24) is 24.9 Å². The van der Waals surface area contributed by atoms with Crippen LogP contribution in [-0.4, -0.2) is 38.1 Å². The molecule has 0 amide bonds. The minimum Gasteiger partial charge on any atom is -0.477 e. The van der Waals surface area contributed by atoms with Crippen molar-refractivity contribution >= 4 is 17.1 Å². The van der Waals surface area contributed by atoms with Crippen LogP contribution in [-0.2, 0) is 0 Å². The maximum absolute atomic E-state index is 5.67. The second-order valence-electron chi connectivity index (χ2n) is 4.54. The first-order chi connectivity index (χ1) is 11.2. The number of hydrogen-bond donors (Lipinski definition) is 1. The topological polar surface area (TPSA) is 109 Å². The van der Waals surface area contributed by atoms with Gasteiger partial charge in [-0.2, -0.15) is 9.97 Å². The van der Waals surface area contributed by atoms with E-state index in [0.717, 1.165) is 5.56 Å². The quantitative estimate of drug-likeness (QED) is 0.760. The van der Waals surface area contributed by atoms with Crippen molar-refractivity contribution in [2.75, 3.05) is 18.9 Å². The molecule has 3 rings (SSSR count). The number of anilines is 1. The molecule has 0 aliphatic carbocycles. The number of fused-ring (bicyclic) bond motifs is 1. The fourth-order valence-corrected chi connectivity index (χ4v) is 2.10. The van der Waals surface area contributed by atoms with E-state index in [0.29, 0.717) is 41.8 Å². The molecule has 3 aromatic heterocycles. The second kappa shape index (κ2) is 6.39. The molecule has 3 aromatic rings. The molecule has 0 atom stereocenters. The van der Waals surface area contributed by atoms with Crippen LogP contribution in [0.25, 0.3) is 22.4 Å². The van der Waals surface area contributed by atoms with Gasteiger partial charge in [0.1, 0.15) is 0 Å². The van der Waals surface area contributed by atoms with E-state index in [1.807, 2.05) is 26.0 Å². The predicted octanol–water partition coefficient (Wildman–Crippen LogP) is 1.86. The van der Waals surface area contributed by atoms with Gasteiger partial charge in [0.25, 0.3) is 0 Å². The number of nitrogens with two attached hydrogens (primary N) is 1. The van der Waals surface area contributed by atoms with Gasteiger partial charge in [0.2, 0.25) is 17.7 Å². The number of hydrogen-bond acceptors (Lipinski definition) is 8. The Balaban J connectivity index is 2.17. The van der Waals surface area contributed by atoms with E-state index in [4.69, 9.17) is 15.2 Å². The van der Waals surface area contributed by atoms with Crippen LogP contribution < -0.4 is 15.2 Å². The molecule has 0 aliphatic rings. The minimum absolute atomic E-state index is 0.0967. The van der Waals surface area contributed by atoms with Crippen LogP contribution in [0, 0.1) is 0 Å². The summed E-state index contributed by atoms with van der Waals surface area (Å²) in [6, 6.07) is 3.68. The Bertz CT molecular complexity index is 839. The number of aromatic nitrogens is 5. The highest BCUT2D eigenvalue weighted by Gasteiger charge is 2.14. The summed E-state index contributed by atoms with van der Waals surface area (Å²) in [6.45, 7) is 4.70. The third-order valence-electron chi connectivity index (χ3n) is 3.00. The lowest BCUT2D eigenvalue weighted by Crippen LogP contribution is -2.04. The van der Waals surface area contributed by atoms with Crippen molar-refractivity contribution in [2.24, 2.45) is 0 Å². The monoisotopic (exact) mass is 312 g/mol. The number of rotatable bonds is 5.